The predicted octanol–water partition coefficient (Wildman–Crippen LogP) is 2.90. The second-order valence-corrected chi connectivity index (χ2v) is 5.45. The average molecular weight is 253 g/mol. The summed E-state index contributed by atoms with van der Waals surface area (Å²) in [6.07, 6.45) is 0.402. The molecule has 0 spiro atoms. The summed E-state index contributed by atoms with van der Waals surface area (Å²) in [5.74, 6) is 0.0695. The van der Waals surface area contributed by atoms with Gasteiger partial charge in [-0.05, 0) is 30.0 Å². The smallest absolute Gasteiger partial charge is 0.0842 e. The number of rotatable bonds is 2. The zero-order valence-electron chi connectivity index (χ0n) is 11.1. The van der Waals surface area contributed by atoms with Crippen molar-refractivity contribution < 1.29 is 5.11 Å². The SMILES string of the molecule is Cc1ccc([C@H](N)[C@@H]2Cc3ccccc3[C@H]2O)cc1. The van der Waals surface area contributed by atoms with Crippen LogP contribution in [0.4, 0.5) is 0 Å². The van der Waals surface area contributed by atoms with Gasteiger partial charge in [-0.3, -0.25) is 0 Å². The van der Waals surface area contributed by atoms with Crippen molar-refractivity contribution in [3.05, 3.63) is 70.8 Å². The van der Waals surface area contributed by atoms with Crippen LogP contribution < -0.4 is 5.73 Å². The van der Waals surface area contributed by atoms with E-state index < -0.39 is 6.10 Å². The summed E-state index contributed by atoms with van der Waals surface area (Å²) in [6.45, 7) is 2.07. The van der Waals surface area contributed by atoms with Gasteiger partial charge in [0.1, 0.15) is 0 Å². The fourth-order valence-corrected chi connectivity index (χ4v) is 2.96. The van der Waals surface area contributed by atoms with E-state index >= 15 is 0 Å². The highest BCUT2D eigenvalue weighted by atomic mass is 16.3. The van der Waals surface area contributed by atoms with Crippen molar-refractivity contribution in [3.8, 4) is 0 Å². The molecule has 0 saturated carbocycles. The lowest BCUT2D eigenvalue weighted by atomic mass is 9.89. The van der Waals surface area contributed by atoms with Gasteiger partial charge in [-0.25, -0.2) is 0 Å². The number of aliphatic hydroxyl groups excluding tert-OH is 1. The third-order valence-corrected chi connectivity index (χ3v) is 4.16. The second-order valence-electron chi connectivity index (χ2n) is 5.45. The maximum absolute atomic E-state index is 10.4. The number of hydrogen-bond acceptors (Lipinski definition) is 2. The molecule has 0 bridgehead atoms. The summed E-state index contributed by atoms with van der Waals surface area (Å²) in [4.78, 5) is 0. The van der Waals surface area contributed by atoms with Gasteiger partial charge in [-0.2, -0.15) is 0 Å². The fraction of sp³-hybridized carbons (Fsp3) is 0.294. The first-order valence-corrected chi connectivity index (χ1v) is 6.75. The molecule has 3 N–H and O–H groups in total. The Hall–Kier alpha value is -1.64. The van der Waals surface area contributed by atoms with E-state index in [1.807, 2.05) is 18.2 Å². The molecule has 3 rings (SSSR count). The Kier molecular flexibility index (Phi) is 3.13. The van der Waals surface area contributed by atoms with Crippen LogP contribution >= 0.6 is 0 Å². The van der Waals surface area contributed by atoms with Gasteiger partial charge < -0.3 is 10.8 Å². The summed E-state index contributed by atoms with van der Waals surface area (Å²) in [5.41, 5.74) is 10.9. The number of aryl methyl sites for hydroxylation is 1. The maximum atomic E-state index is 10.4. The molecule has 0 saturated heterocycles. The first-order chi connectivity index (χ1) is 9.16. The second kappa shape index (κ2) is 4.80. The van der Waals surface area contributed by atoms with Gasteiger partial charge in [0.2, 0.25) is 0 Å². The lowest BCUT2D eigenvalue weighted by molar-refractivity contribution is 0.108. The average Bonchev–Trinajstić information content (AvgIpc) is 2.77. The van der Waals surface area contributed by atoms with Crippen molar-refractivity contribution in [2.24, 2.45) is 11.7 Å². The summed E-state index contributed by atoms with van der Waals surface area (Å²) >= 11 is 0. The van der Waals surface area contributed by atoms with Gasteiger partial charge >= 0.3 is 0 Å². The van der Waals surface area contributed by atoms with Crippen molar-refractivity contribution in [2.45, 2.75) is 25.5 Å². The lowest BCUT2D eigenvalue weighted by Gasteiger charge is -2.23. The Morgan fingerprint density at radius 2 is 1.79 bits per heavy atom. The van der Waals surface area contributed by atoms with Crippen LogP contribution in [0, 0.1) is 12.8 Å². The number of benzene rings is 2. The number of hydrogen-bond donors (Lipinski definition) is 2. The molecule has 1 aliphatic carbocycles. The molecule has 3 atom stereocenters. The molecular formula is C17H19NO. The van der Waals surface area contributed by atoms with E-state index in [1.165, 1.54) is 11.1 Å². The molecule has 2 heteroatoms. The molecule has 0 unspecified atom stereocenters. The fourth-order valence-electron chi connectivity index (χ4n) is 2.96. The largest absolute Gasteiger partial charge is 0.388 e. The van der Waals surface area contributed by atoms with E-state index in [1.54, 1.807) is 0 Å². The zero-order chi connectivity index (χ0) is 13.4. The van der Waals surface area contributed by atoms with Gasteiger partial charge in [0.15, 0.2) is 0 Å². The Bertz CT molecular complexity index is 576. The molecule has 2 aromatic carbocycles. The van der Waals surface area contributed by atoms with E-state index in [0.29, 0.717) is 0 Å². The van der Waals surface area contributed by atoms with Crippen LogP contribution in [0.25, 0.3) is 0 Å². The van der Waals surface area contributed by atoms with E-state index in [0.717, 1.165) is 17.5 Å². The number of fused-ring (bicyclic) bond motifs is 1. The minimum Gasteiger partial charge on any atom is -0.388 e. The Labute approximate surface area is 113 Å². The molecular weight excluding hydrogens is 234 g/mol. The maximum Gasteiger partial charge on any atom is 0.0842 e. The molecule has 0 amide bonds. The summed E-state index contributed by atoms with van der Waals surface area (Å²) < 4.78 is 0. The standard InChI is InChI=1S/C17H19NO/c1-11-6-8-12(9-7-11)16(18)15-10-13-4-2-3-5-14(13)17(15)19/h2-9,15-17,19H,10,18H2,1H3/t15-,16-,17+/m0/s1. The molecule has 0 fully saturated rings. The monoisotopic (exact) mass is 253 g/mol. The number of nitrogens with two attached hydrogens (primary N) is 1. The minimum absolute atomic E-state index is 0.0695. The van der Waals surface area contributed by atoms with E-state index in [2.05, 4.69) is 37.3 Å². The Morgan fingerprint density at radius 3 is 2.47 bits per heavy atom. The lowest BCUT2D eigenvalue weighted by Crippen LogP contribution is -2.24. The van der Waals surface area contributed by atoms with Gasteiger partial charge in [0.05, 0.1) is 6.10 Å². The van der Waals surface area contributed by atoms with Crippen LogP contribution in [0.5, 0.6) is 0 Å². The van der Waals surface area contributed by atoms with E-state index in [-0.39, 0.29) is 12.0 Å². The predicted molar refractivity (Wildman–Crippen MR) is 76.7 cm³/mol. The Morgan fingerprint density at radius 1 is 1.11 bits per heavy atom. The van der Waals surface area contributed by atoms with Crippen molar-refractivity contribution >= 4 is 0 Å². The highest BCUT2D eigenvalue weighted by Crippen LogP contribution is 2.41. The normalized spacial score (nSPS) is 23.1. The van der Waals surface area contributed by atoms with Gasteiger partial charge in [-0.15, -0.1) is 0 Å². The molecule has 1 aliphatic rings. The van der Waals surface area contributed by atoms with Crippen molar-refractivity contribution in [2.75, 3.05) is 0 Å². The summed E-state index contributed by atoms with van der Waals surface area (Å²) in [5, 5.41) is 10.4. The van der Waals surface area contributed by atoms with Crippen LogP contribution in [-0.2, 0) is 6.42 Å². The molecule has 19 heavy (non-hydrogen) atoms. The summed E-state index contributed by atoms with van der Waals surface area (Å²) in [7, 11) is 0. The third-order valence-electron chi connectivity index (χ3n) is 4.16. The topological polar surface area (TPSA) is 46.2 Å². The van der Waals surface area contributed by atoms with Gasteiger partial charge in [0, 0.05) is 12.0 Å². The molecule has 0 aliphatic heterocycles. The molecule has 2 aromatic rings. The van der Waals surface area contributed by atoms with E-state index in [9.17, 15) is 5.11 Å². The first kappa shape index (κ1) is 12.4. The van der Waals surface area contributed by atoms with Crippen molar-refractivity contribution in [3.63, 3.8) is 0 Å². The molecule has 0 aromatic heterocycles. The quantitative estimate of drug-likeness (QED) is 0.864. The van der Waals surface area contributed by atoms with Crippen molar-refractivity contribution in [1.29, 1.82) is 0 Å². The van der Waals surface area contributed by atoms with Crippen LogP contribution in [0.1, 0.15) is 34.4 Å². The van der Waals surface area contributed by atoms with Gasteiger partial charge in [-0.1, -0.05) is 54.1 Å². The van der Waals surface area contributed by atoms with E-state index in [4.69, 9.17) is 5.73 Å². The number of aliphatic hydroxyl groups is 1. The van der Waals surface area contributed by atoms with Crippen LogP contribution in [-0.4, -0.2) is 5.11 Å². The summed E-state index contributed by atoms with van der Waals surface area (Å²) in [6, 6.07) is 16.2. The van der Waals surface area contributed by atoms with Crippen LogP contribution in [0.15, 0.2) is 48.5 Å². The van der Waals surface area contributed by atoms with Gasteiger partial charge in [0.25, 0.3) is 0 Å². The highest BCUT2D eigenvalue weighted by Gasteiger charge is 2.35. The minimum atomic E-state index is -0.451. The van der Waals surface area contributed by atoms with Crippen LogP contribution in [0.2, 0.25) is 0 Å². The first-order valence-electron chi connectivity index (χ1n) is 6.75. The van der Waals surface area contributed by atoms with Crippen molar-refractivity contribution in [1.82, 2.24) is 0 Å². The Balaban J connectivity index is 1.87. The molecule has 98 valence electrons. The molecule has 0 radical (unpaired) electrons. The molecule has 2 nitrogen and oxygen atoms in total. The highest BCUT2D eigenvalue weighted by molar-refractivity contribution is 5.36. The van der Waals surface area contributed by atoms with Crippen LogP contribution in [0.3, 0.4) is 0 Å². The zero-order valence-corrected chi connectivity index (χ0v) is 11.1. The third kappa shape index (κ3) is 2.18. The molecule has 0 heterocycles.